The molecule has 160 valence electrons. The number of hydrogen-bond acceptors (Lipinski definition) is 4. The Hall–Kier alpha value is -4.01. The van der Waals surface area contributed by atoms with Crippen molar-refractivity contribution in [2.24, 2.45) is 0 Å². The molecule has 0 aromatic heterocycles. The van der Waals surface area contributed by atoms with E-state index < -0.39 is 0 Å². The number of carbonyl (C=O) groups excluding carboxylic acids is 2. The van der Waals surface area contributed by atoms with E-state index >= 15 is 0 Å². The maximum atomic E-state index is 13.3. The molecule has 4 aromatic carbocycles. The molecule has 0 radical (unpaired) electrons. The molecule has 5 rings (SSSR count). The van der Waals surface area contributed by atoms with Crippen molar-refractivity contribution in [1.29, 1.82) is 0 Å². The Bertz CT molecular complexity index is 1480. The highest BCUT2D eigenvalue weighted by molar-refractivity contribution is 8.18. The third-order valence-corrected chi connectivity index (χ3v) is 6.51. The summed E-state index contributed by atoms with van der Waals surface area (Å²) in [5.74, 6) is 2.74. The van der Waals surface area contributed by atoms with Crippen LogP contribution in [-0.4, -0.2) is 22.7 Å². The molecule has 4 aromatic rings. The number of hydrogen-bond donors (Lipinski definition) is 0. The average molecular weight is 450 g/mol. The molecule has 0 saturated carbocycles. The molecule has 4 nitrogen and oxygen atoms in total. The van der Waals surface area contributed by atoms with E-state index in [1.165, 1.54) is 4.90 Å². The fourth-order valence-electron chi connectivity index (χ4n) is 4.04. The Balaban J connectivity index is 1.52. The lowest BCUT2D eigenvalue weighted by Gasteiger charge is -2.14. The van der Waals surface area contributed by atoms with Crippen LogP contribution in [0.1, 0.15) is 11.1 Å². The third-order valence-electron chi connectivity index (χ3n) is 5.60. The fraction of sp³-hybridized carbons (Fsp3) is 0.0714. The molecule has 1 heterocycles. The zero-order valence-electron chi connectivity index (χ0n) is 17.7. The zero-order chi connectivity index (χ0) is 22.8. The lowest BCUT2D eigenvalue weighted by Crippen LogP contribution is -2.27. The number of carbonyl (C=O) groups is 2. The number of amides is 2. The summed E-state index contributed by atoms with van der Waals surface area (Å²) in [5.41, 5.74) is 1.67. The maximum absolute atomic E-state index is 13.3. The Labute approximate surface area is 195 Å². The molecule has 0 N–H and O–H groups in total. The number of nitrogens with zero attached hydrogens (tertiary/aromatic N) is 1. The van der Waals surface area contributed by atoms with E-state index in [1.54, 1.807) is 6.08 Å². The van der Waals surface area contributed by atoms with Crippen LogP contribution in [0.5, 0.6) is 5.75 Å². The van der Waals surface area contributed by atoms with Gasteiger partial charge < -0.3 is 4.74 Å². The largest absolute Gasteiger partial charge is 0.480 e. The summed E-state index contributed by atoms with van der Waals surface area (Å²) >= 11 is 0.945. The molecular weight excluding hydrogens is 430 g/mol. The number of rotatable bonds is 5. The SMILES string of the molecule is C#CCOc1ccc2ccccc2c1/C=C1/SC(=O)N(Cc2cccc3ccccc23)C1=O. The van der Waals surface area contributed by atoms with Crippen molar-refractivity contribution in [2.75, 3.05) is 6.61 Å². The van der Waals surface area contributed by atoms with E-state index in [0.29, 0.717) is 10.7 Å². The van der Waals surface area contributed by atoms with Crippen molar-refractivity contribution >= 4 is 50.5 Å². The van der Waals surface area contributed by atoms with Crippen molar-refractivity contribution in [3.63, 3.8) is 0 Å². The molecule has 0 bridgehead atoms. The molecule has 0 atom stereocenters. The highest BCUT2D eigenvalue weighted by atomic mass is 32.2. The quantitative estimate of drug-likeness (QED) is 0.267. The Morgan fingerprint density at radius 2 is 1.58 bits per heavy atom. The summed E-state index contributed by atoms with van der Waals surface area (Å²) in [6.07, 6.45) is 7.11. The maximum Gasteiger partial charge on any atom is 0.293 e. The monoisotopic (exact) mass is 449 g/mol. The molecule has 1 aliphatic heterocycles. The van der Waals surface area contributed by atoms with Gasteiger partial charge in [0.25, 0.3) is 11.1 Å². The van der Waals surface area contributed by atoms with Gasteiger partial charge in [0.05, 0.1) is 11.4 Å². The van der Waals surface area contributed by atoms with Crippen molar-refractivity contribution < 1.29 is 14.3 Å². The van der Waals surface area contributed by atoms with Crippen LogP contribution in [0.2, 0.25) is 0 Å². The first kappa shape index (κ1) is 20.9. The smallest absolute Gasteiger partial charge is 0.293 e. The first-order chi connectivity index (χ1) is 16.2. The predicted octanol–water partition coefficient (Wildman–Crippen LogP) is 6.24. The average Bonchev–Trinajstić information content (AvgIpc) is 3.11. The second-order valence-electron chi connectivity index (χ2n) is 7.60. The first-order valence-electron chi connectivity index (χ1n) is 10.5. The Morgan fingerprint density at radius 1 is 0.879 bits per heavy atom. The molecule has 1 fully saturated rings. The highest BCUT2D eigenvalue weighted by Crippen LogP contribution is 2.37. The van der Waals surface area contributed by atoms with Gasteiger partial charge in [0, 0.05) is 5.56 Å². The summed E-state index contributed by atoms with van der Waals surface area (Å²) in [6, 6.07) is 25.5. The van der Waals surface area contributed by atoms with Crippen LogP contribution in [0.15, 0.2) is 83.8 Å². The van der Waals surface area contributed by atoms with Crippen LogP contribution >= 0.6 is 11.8 Å². The van der Waals surface area contributed by atoms with Crippen molar-refractivity contribution in [3.8, 4) is 18.1 Å². The lowest BCUT2D eigenvalue weighted by atomic mass is 10.0. The standard InChI is InChI=1S/C28H19NO3S/c1-2-16-32-25-15-14-20-9-4-6-13-23(20)24(25)17-26-27(30)29(28(31)33-26)18-21-11-7-10-19-8-3-5-12-22(19)21/h1,3-15,17H,16,18H2/b26-17+. The predicted molar refractivity (Wildman–Crippen MR) is 134 cm³/mol. The summed E-state index contributed by atoms with van der Waals surface area (Å²) in [6.45, 7) is 0.334. The van der Waals surface area contributed by atoms with Gasteiger partial charge >= 0.3 is 0 Å². The van der Waals surface area contributed by atoms with Crippen molar-refractivity contribution in [1.82, 2.24) is 4.90 Å². The van der Waals surface area contributed by atoms with Gasteiger partial charge in [-0.2, -0.15) is 0 Å². The van der Waals surface area contributed by atoms with Crippen LogP contribution in [-0.2, 0) is 11.3 Å². The number of thioether (sulfide) groups is 1. The molecule has 1 saturated heterocycles. The second kappa shape index (κ2) is 8.85. The van der Waals surface area contributed by atoms with Crippen molar-refractivity contribution in [3.05, 3.63) is 94.9 Å². The van der Waals surface area contributed by atoms with Gasteiger partial charge in [-0.15, -0.1) is 6.42 Å². The van der Waals surface area contributed by atoms with Crippen LogP contribution in [0, 0.1) is 12.3 Å². The lowest BCUT2D eigenvalue weighted by molar-refractivity contribution is -0.123. The molecular formula is C28H19NO3S. The minimum atomic E-state index is -0.311. The van der Waals surface area contributed by atoms with Gasteiger partial charge in [0.15, 0.2) is 0 Å². The molecule has 1 aliphatic rings. The van der Waals surface area contributed by atoms with Crippen LogP contribution in [0.25, 0.3) is 27.6 Å². The van der Waals surface area contributed by atoms with E-state index in [2.05, 4.69) is 5.92 Å². The van der Waals surface area contributed by atoms with Crippen LogP contribution < -0.4 is 4.74 Å². The zero-order valence-corrected chi connectivity index (χ0v) is 18.5. The van der Waals surface area contributed by atoms with Crippen LogP contribution in [0.3, 0.4) is 0 Å². The molecule has 0 aliphatic carbocycles. The number of terminal acetylenes is 1. The first-order valence-corrected chi connectivity index (χ1v) is 11.3. The number of fused-ring (bicyclic) bond motifs is 2. The number of benzene rings is 4. The molecule has 0 spiro atoms. The van der Waals surface area contributed by atoms with E-state index in [9.17, 15) is 9.59 Å². The van der Waals surface area contributed by atoms with Gasteiger partial charge in [0.1, 0.15) is 12.4 Å². The number of ether oxygens (including phenoxy) is 1. The van der Waals surface area contributed by atoms with Gasteiger partial charge in [-0.05, 0) is 51.0 Å². The Kier molecular flexibility index (Phi) is 5.60. The van der Waals surface area contributed by atoms with Gasteiger partial charge in [-0.1, -0.05) is 78.7 Å². The third kappa shape index (κ3) is 3.97. The summed E-state index contributed by atoms with van der Waals surface area (Å²) in [4.78, 5) is 27.7. The van der Waals surface area contributed by atoms with E-state index in [-0.39, 0.29) is 24.3 Å². The highest BCUT2D eigenvalue weighted by Gasteiger charge is 2.35. The van der Waals surface area contributed by atoms with Crippen LogP contribution in [0.4, 0.5) is 4.79 Å². The molecule has 5 heteroatoms. The van der Waals surface area contributed by atoms with E-state index in [0.717, 1.165) is 44.4 Å². The minimum Gasteiger partial charge on any atom is -0.480 e. The Morgan fingerprint density at radius 3 is 2.36 bits per heavy atom. The van der Waals surface area contributed by atoms with Gasteiger partial charge in [0.2, 0.25) is 0 Å². The minimum absolute atomic E-state index is 0.113. The van der Waals surface area contributed by atoms with E-state index in [1.807, 2.05) is 78.9 Å². The molecule has 2 amide bonds. The summed E-state index contributed by atoms with van der Waals surface area (Å²) < 4.78 is 5.74. The van der Waals surface area contributed by atoms with Gasteiger partial charge in [-0.25, -0.2) is 0 Å². The summed E-state index contributed by atoms with van der Waals surface area (Å²) in [7, 11) is 0. The second-order valence-corrected chi connectivity index (χ2v) is 8.59. The van der Waals surface area contributed by atoms with E-state index in [4.69, 9.17) is 11.2 Å². The van der Waals surface area contributed by atoms with Gasteiger partial charge in [-0.3, -0.25) is 14.5 Å². The fourth-order valence-corrected chi connectivity index (χ4v) is 4.86. The molecule has 33 heavy (non-hydrogen) atoms. The number of imide groups is 1. The topological polar surface area (TPSA) is 46.6 Å². The molecule has 0 unspecified atom stereocenters. The van der Waals surface area contributed by atoms with Crippen molar-refractivity contribution in [2.45, 2.75) is 6.54 Å². The normalized spacial score (nSPS) is 14.9. The summed E-state index contributed by atoms with van der Waals surface area (Å²) in [5, 5.41) is 3.75.